The molecule has 1 rings (SSSR count). The summed E-state index contributed by atoms with van der Waals surface area (Å²) in [6, 6.07) is 8.55. The van der Waals surface area contributed by atoms with E-state index in [-0.39, 0.29) is 5.96 Å². The largest absolute Gasteiger partial charge is 0.368 e. The SMILES string of the molecule is C/C=N/N=C(N)NC(=O)Nc1ccccc1. The van der Waals surface area contributed by atoms with E-state index in [0.29, 0.717) is 5.69 Å². The lowest BCUT2D eigenvalue weighted by Gasteiger charge is -2.05. The number of rotatable bonds is 2. The van der Waals surface area contributed by atoms with Crippen LogP contribution < -0.4 is 16.4 Å². The zero-order valence-corrected chi connectivity index (χ0v) is 8.84. The van der Waals surface area contributed by atoms with Gasteiger partial charge >= 0.3 is 6.03 Å². The predicted molar refractivity (Wildman–Crippen MR) is 64.4 cm³/mol. The van der Waals surface area contributed by atoms with Gasteiger partial charge in [-0.05, 0) is 19.1 Å². The van der Waals surface area contributed by atoms with Crippen molar-refractivity contribution in [2.75, 3.05) is 5.32 Å². The highest BCUT2D eigenvalue weighted by Gasteiger charge is 2.01. The fraction of sp³-hybridized carbons (Fsp3) is 0.100. The van der Waals surface area contributed by atoms with E-state index in [0.717, 1.165) is 0 Å². The summed E-state index contributed by atoms with van der Waals surface area (Å²) in [6.45, 7) is 1.70. The summed E-state index contributed by atoms with van der Waals surface area (Å²) in [4.78, 5) is 11.4. The first-order valence-corrected chi connectivity index (χ1v) is 4.66. The summed E-state index contributed by atoms with van der Waals surface area (Å²) in [5.41, 5.74) is 6.05. The van der Waals surface area contributed by atoms with Gasteiger partial charge < -0.3 is 11.1 Å². The van der Waals surface area contributed by atoms with Crippen molar-refractivity contribution >= 4 is 23.9 Å². The number of nitrogens with one attached hydrogen (secondary N) is 2. The third kappa shape index (κ3) is 4.23. The number of para-hydroxylation sites is 1. The smallest absolute Gasteiger partial charge is 0.326 e. The first-order chi connectivity index (χ1) is 7.72. The molecule has 0 atom stereocenters. The quantitative estimate of drug-likeness (QED) is 0.395. The lowest BCUT2D eigenvalue weighted by Crippen LogP contribution is -2.39. The molecule has 0 heterocycles. The molecule has 0 fully saturated rings. The third-order valence-electron chi connectivity index (χ3n) is 1.55. The van der Waals surface area contributed by atoms with E-state index in [1.54, 1.807) is 19.1 Å². The molecule has 1 aromatic rings. The van der Waals surface area contributed by atoms with Crippen LogP contribution >= 0.6 is 0 Å². The Morgan fingerprint density at radius 2 is 2.06 bits per heavy atom. The van der Waals surface area contributed by atoms with Crippen molar-refractivity contribution in [1.82, 2.24) is 5.32 Å². The number of guanidine groups is 1. The molecule has 4 N–H and O–H groups in total. The molecule has 0 aromatic heterocycles. The highest BCUT2D eigenvalue weighted by Crippen LogP contribution is 2.03. The molecule has 0 radical (unpaired) electrons. The van der Waals surface area contributed by atoms with Crippen molar-refractivity contribution in [2.24, 2.45) is 15.9 Å². The minimum Gasteiger partial charge on any atom is -0.368 e. The number of hydrogen-bond acceptors (Lipinski definition) is 3. The Balaban J connectivity index is 2.48. The highest BCUT2D eigenvalue weighted by molar-refractivity contribution is 6.01. The number of urea groups is 1. The zero-order chi connectivity index (χ0) is 11.8. The zero-order valence-electron chi connectivity index (χ0n) is 8.84. The van der Waals surface area contributed by atoms with Crippen molar-refractivity contribution in [3.8, 4) is 0 Å². The minimum atomic E-state index is -0.459. The van der Waals surface area contributed by atoms with Gasteiger partial charge in [-0.15, -0.1) is 5.10 Å². The normalized spacial score (nSPS) is 11.4. The molecular formula is C10H13N5O. The second-order valence-corrected chi connectivity index (χ2v) is 2.80. The Labute approximate surface area is 93.3 Å². The number of amides is 2. The maximum atomic E-state index is 11.4. The van der Waals surface area contributed by atoms with Gasteiger partial charge in [-0.1, -0.05) is 18.2 Å². The highest BCUT2D eigenvalue weighted by atomic mass is 16.2. The number of benzene rings is 1. The summed E-state index contributed by atoms with van der Waals surface area (Å²) < 4.78 is 0. The van der Waals surface area contributed by atoms with Crippen LogP contribution in [-0.4, -0.2) is 18.2 Å². The van der Waals surface area contributed by atoms with Crippen molar-refractivity contribution in [1.29, 1.82) is 0 Å². The summed E-state index contributed by atoms with van der Waals surface area (Å²) in [5.74, 6) is -0.0634. The van der Waals surface area contributed by atoms with E-state index in [9.17, 15) is 4.79 Å². The van der Waals surface area contributed by atoms with E-state index < -0.39 is 6.03 Å². The van der Waals surface area contributed by atoms with Crippen LogP contribution in [0.25, 0.3) is 0 Å². The Morgan fingerprint density at radius 1 is 1.38 bits per heavy atom. The van der Waals surface area contributed by atoms with Gasteiger partial charge in [-0.3, -0.25) is 5.32 Å². The Bertz CT molecular complexity index is 399. The lowest BCUT2D eigenvalue weighted by atomic mass is 10.3. The fourth-order valence-electron chi connectivity index (χ4n) is 0.945. The molecule has 6 heteroatoms. The molecule has 6 nitrogen and oxygen atoms in total. The van der Waals surface area contributed by atoms with Crippen LogP contribution in [-0.2, 0) is 0 Å². The Morgan fingerprint density at radius 3 is 2.69 bits per heavy atom. The summed E-state index contributed by atoms with van der Waals surface area (Å²) in [5, 5.41) is 12.0. The molecular weight excluding hydrogens is 206 g/mol. The summed E-state index contributed by atoms with van der Waals surface area (Å²) >= 11 is 0. The van der Waals surface area contributed by atoms with Crippen molar-refractivity contribution < 1.29 is 4.79 Å². The van der Waals surface area contributed by atoms with Gasteiger partial charge in [-0.25, -0.2) is 4.79 Å². The number of anilines is 1. The first kappa shape index (κ1) is 11.7. The molecule has 0 aliphatic carbocycles. The van der Waals surface area contributed by atoms with Gasteiger partial charge in [0.1, 0.15) is 0 Å². The van der Waals surface area contributed by atoms with E-state index in [2.05, 4.69) is 20.8 Å². The van der Waals surface area contributed by atoms with Gasteiger partial charge in [0.25, 0.3) is 0 Å². The molecule has 84 valence electrons. The van der Waals surface area contributed by atoms with Crippen LogP contribution in [0.3, 0.4) is 0 Å². The van der Waals surface area contributed by atoms with Gasteiger partial charge in [0, 0.05) is 11.9 Å². The fourth-order valence-corrected chi connectivity index (χ4v) is 0.945. The maximum absolute atomic E-state index is 11.4. The molecule has 0 aliphatic rings. The van der Waals surface area contributed by atoms with Crippen LogP contribution in [0.1, 0.15) is 6.92 Å². The number of carbonyl (C=O) groups is 1. The summed E-state index contributed by atoms with van der Waals surface area (Å²) in [7, 11) is 0. The molecule has 0 unspecified atom stereocenters. The van der Waals surface area contributed by atoms with Crippen LogP contribution in [0.4, 0.5) is 10.5 Å². The van der Waals surface area contributed by atoms with Crippen molar-refractivity contribution in [3.63, 3.8) is 0 Å². The Hall–Kier alpha value is -2.37. The predicted octanol–water partition coefficient (Wildman–Crippen LogP) is 1.13. The molecule has 0 spiro atoms. The topological polar surface area (TPSA) is 91.9 Å². The van der Waals surface area contributed by atoms with Crippen molar-refractivity contribution in [3.05, 3.63) is 30.3 Å². The van der Waals surface area contributed by atoms with Crippen LogP contribution in [0, 0.1) is 0 Å². The number of nitrogens with two attached hydrogens (primary N) is 1. The average molecular weight is 219 g/mol. The second kappa shape index (κ2) is 6.18. The van der Waals surface area contributed by atoms with Crippen LogP contribution in [0.15, 0.2) is 40.5 Å². The summed E-state index contributed by atoms with van der Waals surface area (Å²) in [6.07, 6.45) is 1.46. The second-order valence-electron chi connectivity index (χ2n) is 2.80. The monoisotopic (exact) mass is 219 g/mol. The third-order valence-corrected chi connectivity index (χ3v) is 1.55. The van der Waals surface area contributed by atoms with Crippen LogP contribution in [0.5, 0.6) is 0 Å². The van der Waals surface area contributed by atoms with Crippen LogP contribution in [0.2, 0.25) is 0 Å². The standard InChI is InChI=1S/C10H13N5O/c1-2-12-15-9(11)14-10(16)13-8-6-4-3-5-7-8/h2-7H,1H3,(H4,11,13,14,15,16)/b12-2+. The first-order valence-electron chi connectivity index (χ1n) is 4.66. The van der Waals surface area contributed by atoms with E-state index >= 15 is 0 Å². The van der Waals surface area contributed by atoms with Gasteiger partial charge in [-0.2, -0.15) is 5.10 Å². The molecule has 0 saturated carbocycles. The van der Waals surface area contributed by atoms with Gasteiger partial charge in [0.2, 0.25) is 5.96 Å². The maximum Gasteiger partial charge on any atom is 0.326 e. The molecule has 2 amide bonds. The number of carbonyl (C=O) groups excluding carboxylic acids is 1. The molecule has 0 saturated heterocycles. The number of hydrogen-bond donors (Lipinski definition) is 3. The number of nitrogens with zero attached hydrogens (tertiary/aromatic N) is 2. The Kier molecular flexibility index (Phi) is 4.52. The molecule has 0 bridgehead atoms. The molecule has 16 heavy (non-hydrogen) atoms. The average Bonchev–Trinajstić information content (AvgIpc) is 2.27. The minimum absolute atomic E-state index is 0.0634. The van der Waals surface area contributed by atoms with Gasteiger partial charge in [0.05, 0.1) is 0 Å². The van der Waals surface area contributed by atoms with Gasteiger partial charge in [0.15, 0.2) is 0 Å². The molecule has 0 aliphatic heterocycles. The van der Waals surface area contributed by atoms with E-state index in [1.165, 1.54) is 6.21 Å². The van der Waals surface area contributed by atoms with E-state index in [1.807, 2.05) is 18.2 Å². The van der Waals surface area contributed by atoms with E-state index in [4.69, 9.17) is 5.73 Å². The molecule has 1 aromatic carbocycles. The van der Waals surface area contributed by atoms with Crippen molar-refractivity contribution in [2.45, 2.75) is 6.92 Å². The lowest BCUT2D eigenvalue weighted by molar-refractivity contribution is 0.256.